The highest BCUT2D eigenvalue weighted by Gasteiger charge is 2.38. The summed E-state index contributed by atoms with van der Waals surface area (Å²) in [7, 11) is 0. The summed E-state index contributed by atoms with van der Waals surface area (Å²) in [5.41, 5.74) is 4.16. The number of phenols is 1. The molecular formula is C32H36N6O7S. The third kappa shape index (κ3) is 8.40. The lowest BCUT2D eigenvalue weighted by molar-refractivity contribution is -0.268. The molecule has 1 saturated heterocycles. The molecule has 242 valence electrons. The van der Waals surface area contributed by atoms with Crippen LogP contribution in [-0.4, -0.2) is 67.4 Å². The molecule has 0 aliphatic carbocycles. The molecule has 2 amide bonds. The second kappa shape index (κ2) is 15.7. The molecule has 1 aliphatic rings. The molecule has 5 rings (SSSR count). The molecule has 4 N–H and O–H groups in total. The monoisotopic (exact) mass is 648 g/mol. The fourth-order valence-electron chi connectivity index (χ4n) is 4.89. The molecule has 0 spiro atoms. The van der Waals surface area contributed by atoms with Crippen LogP contribution in [0.1, 0.15) is 48.5 Å². The Balaban J connectivity index is 1.28. The molecule has 13 nitrogen and oxygen atoms in total. The third-order valence-corrected chi connectivity index (χ3v) is 8.45. The summed E-state index contributed by atoms with van der Waals surface area (Å²) >= 11 is 1.46. The zero-order valence-corrected chi connectivity index (χ0v) is 26.2. The zero-order valence-electron chi connectivity index (χ0n) is 25.4. The number of tetrazole rings is 1. The van der Waals surface area contributed by atoms with Gasteiger partial charge in [0.25, 0.3) is 0 Å². The van der Waals surface area contributed by atoms with Gasteiger partial charge in [-0.2, -0.15) is 4.68 Å². The van der Waals surface area contributed by atoms with Gasteiger partial charge < -0.3 is 35.1 Å². The fourth-order valence-corrected chi connectivity index (χ4v) is 5.95. The highest BCUT2D eigenvalue weighted by Crippen LogP contribution is 2.43. The first-order chi connectivity index (χ1) is 22.3. The Morgan fingerprint density at radius 2 is 1.65 bits per heavy atom. The van der Waals surface area contributed by atoms with Crippen molar-refractivity contribution in [3.8, 4) is 11.4 Å². The Morgan fingerprint density at radius 1 is 0.957 bits per heavy atom. The maximum Gasteiger partial charge on any atom is 0.325 e. The van der Waals surface area contributed by atoms with Gasteiger partial charge in [0.1, 0.15) is 12.3 Å². The van der Waals surface area contributed by atoms with Crippen LogP contribution in [0.5, 0.6) is 5.75 Å². The third-order valence-electron chi connectivity index (χ3n) is 7.44. The van der Waals surface area contributed by atoms with Crippen LogP contribution in [0.3, 0.4) is 0 Å². The van der Waals surface area contributed by atoms with Crippen molar-refractivity contribution in [1.82, 2.24) is 30.8 Å². The van der Waals surface area contributed by atoms with Gasteiger partial charge in [0.2, 0.25) is 5.16 Å². The van der Waals surface area contributed by atoms with Crippen LogP contribution in [0.15, 0.2) is 78.0 Å². The second-order valence-electron chi connectivity index (χ2n) is 10.6. The molecule has 4 atom stereocenters. The Kier molecular flexibility index (Phi) is 11.2. The van der Waals surface area contributed by atoms with Gasteiger partial charge in [-0.25, -0.2) is 4.79 Å². The minimum absolute atomic E-state index is 0.0432. The number of rotatable bonds is 12. The maximum atomic E-state index is 12.1. The largest absolute Gasteiger partial charge is 0.508 e. The first-order valence-corrected chi connectivity index (χ1v) is 15.8. The van der Waals surface area contributed by atoms with Crippen LogP contribution in [0.4, 0.5) is 4.79 Å². The number of ether oxygens (including phenoxy) is 3. The number of aromatic nitrogens is 4. The Labute approximate surface area is 270 Å². The number of phenolic OH excluding ortho intramolecular Hbond substituents is 1. The number of hydrogen-bond donors (Lipinski definition) is 4. The lowest BCUT2D eigenvalue weighted by Crippen LogP contribution is -2.39. The molecule has 2 heterocycles. The number of aliphatic hydroxyl groups is 1. The number of thioether (sulfide) groups is 1. The van der Waals surface area contributed by atoms with Crippen LogP contribution < -0.4 is 10.6 Å². The maximum absolute atomic E-state index is 12.1. The van der Waals surface area contributed by atoms with E-state index < -0.39 is 18.3 Å². The van der Waals surface area contributed by atoms with E-state index in [1.54, 1.807) is 35.9 Å². The molecule has 14 heteroatoms. The Hall–Kier alpha value is -4.50. The summed E-state index contributed by atoms with van der Waals surface area (Å²) in [4.78, 5) is 23.5. The molecule has 1 fully saturated rings. The normalized spacial score (nSPS) is 19.4. The Bertz CT molecular complexity index is 1580. The van der Waals surface area contributed by atoms with E-state index in [4.69, 9.17) is 14.2 Å². The van der Waals surface area contributed by atoms with Gasteiger partial charge in [0, 0.05) is 23.8 Å². The van der Waals surface area contributed by atoms with E-state index in [1.807, 2.05) is 48.5 Å². The summed E-state index contributed by atoms with van der Waals surface area (Å²) in [5.74, 6) is 0.144. The summed E-state index contributed by atoms with van der Waals surface area (Å²) < 4.78 is 19.5. The van der Waals surface area contributed by atoms with Crippen molar-refractivity contribution in [2.24, 2.45) is 5.92 Å². The van der Waals surface area contributed by atoms with E-state index >= 15 is 0 Å². The number of aliphatic hydroxyl groups excluding tert-OH is 1. The molecular weight excluding hydrogens is 612 g/mol. The van der Waals surface area contributed by atoms with E-state index in [0.29, 0.717) is 10.9 Å². The van der Waals surface area contributed by atoms with Crippen molar-refractivity contribution in [2.75, 3.05) is 18.9 Å². The lowest BCUT2D eigenvalue weighted by atomic mass is 9.91. The molecule has 4 aromatic rings. The number of carbonyl (C=O) groups is 2. The number of esters is 1. The predicted molar refractivity (Wildman–Crippen MR) is 168 cm³/mol. The number of benzene rings is 3. The molecule has 46 heavy (non-hydrogen) atoms. The highest BCUT2D eigenvalue weighted by molar-refractivity contribution is 7.99. The zero-order chi connectivity index (χ0) is 32.5. The standard InChI is InChI=1S/C32H36N6O7S/c1-3-43-28(41)17-34-31(42)33-16-21-4-10-24(11-5-21)30-44-27(20(2)29(45-30)23-8-6-22(18-39)7-9-23)19-46-32-35-36-37-38(32)25-12-14-26(40)15-13-25/h4-15,20,27,29-30,39-40H,3,16-19H2,1-2H3,(H2,33,34,42). The highest BCUT2D eigenvalue weighted by atomic mass is 32.2. The molecule has 4 unspecified atom stereocenters. The van der Waals surface area contributed by atoms with E-state index in [2.05, 4.69) is 33.1 Å². The average Bonchev–Trinajstić information content (AvgIpc) is 3.55. The van der Waals surface area contributed by atoms with E-state index in [-0.39, 0.29) is 50.2 Å². The van der Waals surface area contributed by atoms with Gasteiger partial charge in [-0.1, -0.05) is 67.2 Å². The van der Waals surface area contributed by atoms with E-state index in [1.165, 1.54) is 11.8 Å². The molecule has 1 aliphatic heterocycles. The number of nitrogens with zero attached hydrogens (tertiary/aromatic N) is 4. The van der Waals surface area contributed by atoms with Crippen LogP contribution >= 0.6 is 11.8 Å². The van der Waals surface area contributed by atoms with Gasteiger partial charge in [-0.05, 0) is 58.3 Å². The predicted octanol–water partition coefficient (Wildman–Crippen LogP) is 3.81. The molecule has 0 bridgehead atoms. The van der Waals surface area contributed by atoms with E-state index in [0.717, 1.165) is 27.9 Å². The summed E-state index contributed by atoms with van der Waals surface area (Å²) in [6.07, 6.45) is -1.22. The molecule has 0 saturated carbocycles. The van der Waals surface area contributed by atoms with Crippen molar-refractivity contribution in [3.05, 3.63) is 95.1 Å². The summed E-state index contributed by atoms with van der Waals surface area (Å²) in [5, 5.41) is 37.1. The molecule has 0 radical (unpaired) electrons. The van der Waals surface area contributed by atoms with Crippen molar-refractivity contribution >= 4 is 23.8 Å². The van der Waals surface area contributed by atoms with Gasteiger partial charge in [-0.15, -0.1) is 5.10 Å². The number of aromatic hydroxyl groups is 1. The topological polar surface area (TPSA) is 170 Å². The molecule has 1 aromatic heterocycles. The van der Waals surface area contributed by atoms with Crippen LogP contribution in [0, 0.1) is 5.92 Å². The summed E-state index contributed by atoms with van der Waals surface area (Å²) in [6.45, 7) is 4.04. The fraction of sp³-hybridized carbons (Fsp3) is 0.344. The smallest absolute Gasteiger partial charge is 0.325 e. The van der Waals surface area contributed by atoms with Crippen LogP contribution in [0.25, 0.3) is 5.69 Å². The minimum atomic E-state index is -0.674. The van der Waals surface area contributed by atoms with Gasteiger partial charge in [0.15, 0.2) is 6.29 Å². The average molecular weight is 649 g/mol. The lowest BCUT2D eigenvalue weighted by Gasteiger charge is -2.41. The number of nitrogens with one attached hydrogen (secondary N) is 2. The minimum Gasteiger partial charge on any atom is -0.508 e. The van der Waals surface area contributed by atoms with Crippen LogP contribution in [0.2, 0.25) is 0 Å². The second-order valence-corrected chi connectivity index (χ2v) is 11.6. The quantitative estimate of drug-likeness (QED) is 0.130. The van der Waals surface area contributed by atoms with Gasteiger partial charge >= 0.3 is 12.0 Å². The first kappa shape index (κ1) is 32.9. The van der Waals surface area contributed by atoms with Crippen molar-refractivity contribution < 1.29 is 34.0 Å². The number of amides is 2. The SMILES string of the molecule is CCOC(=O)CNC(=O)NCc1ccc(C2OC(CSc3nnnn3-c3ccc(O)cc3)C(C)C(c3ccc(CO)cc3)O2)cc1. The summed E-state index contributed by atoms with van der Waals surface area (Å²) in [6, 6.07) is 21.4. The van der Waals surface area contributed by atoms with Crippen molar-refractivity contribution in [2.45, 2.75) is 50.7 Å². The van der Waals surface area contributed by atoms with Crippen molar-refractivity contribution in [1.29, 1.82) is 0 Å². The Morgan fingerprint density at radius 3 is 2.35 bits per heavy atom. The van der Waals surface area contributed by atoms with Crippen LogP contribution in [-0.2, 0) is 32.2 Å². The van der Waals surface area contributed by atoms with E-state index in [9.17, 15) is 19.8 Å². The molecule has 3 aromatic carbocycles. The van der Waals surface area contributed by atoms with Gasteiger partial charge in [-0.3, -0.25) is 4.79 Å². The van der Waals surface area contributed by atoms with Crippen molar-refractivity contribution in [3.63, 3.8) is 0 Å². The first-order valence-electron chi connectivity index (χ1n) is 14.8. The number of urea groups is 1. The number of hydrogen-bond acceptors (Lipinski definition) is 11. The van der Waals surface area contributed by atoms with Gasteiger partial charge in [0.05, 0.1) is 31.1 Å². The number of carbonyl (C=O) groups excluding carboxylic acids is 2.